The van der Waals surface area contributed by atoms with Crippen LogP contribution in [0.25, 0.3) is 16.6 Å². The van der Waals surface area contributed by atoms with Crippen molar-refractivity contribution < 1.29 is 9.21 Å². The first-order chi connectivity index (χ1) is 15.6. The maximum Gasteiger partial charge on any atom is 0.289 e. The zero-order valence-corrected chi connectivity index (χ0v) is 18.0. The summed E-state index contributed by atoms with van der Waals surface area (Å²) in [5.74, 6) is 0.165. The van der Waals surface area contributed by atoms with E-state index in [2.05, 4.69) is 59.7 Å². The van der Waals surface area contributed by atoms with Crippen molar-refractivity contribution in [3.63, 3.8) is 0 Å². The van der Waals surface area contributed by atoms with Crippen LogP contribution in [0.4, 0.5) is 0 Å². The third-order valence-corrected chi connectivity index (χ3v) is 5.85. The van der Waals surface area contributed by atoms with E-state index in [0.29, 0.717) is 24.5 Å². The minimum Gasteiger partial charge on any atom is -0.459 e. The zero-order chi connectivity index (χ0) is 22.1. The van der Waals surface area contributed by atoms with Crippen LogP contribution in [0.1, 0.15) is 32.8 Å². The predicted molar refractivity (Wildman–Crippen MR) is 121 cm³/mol. The maximum atomic E-state index is 13.2. The van der Waals surface area contributed by atoms with Crippen molar-refractivity contribution in [1.82, 2.24) is 24.9 Å². The van der Waals surface area contributed by atoms with Crippen LogP contribution in [-0.4, -0.2) is 37.4 Å². The van der Waals surface area contributed by atoms with Crippen LogP contribution in [0.15, 0.2) is 71.3 Å². The minimum atomic E-state index is -0.156. The molecule has 3 aromatic heterocycles. The Hall–Kier alpha value is -4.00. The van der Waals surface area contributed by atoms with Crippen LogP contribution in [0.3, 0.4) is 0 Å². The van der Waals surface area contributed by atoms with Crippen molar-refractivity contribution >= 4 is 22.5 Å². The normalized spacial score (nSPS) is 11.3. The number of hydrogen-bond donors (Lipinski definition) is 0. The van der Waals surface area contributed by atoms with E-state index >= 15 is 0 Å². The molecule has 1 amide bonds. The molecule has 0 saturated carbocycles. The van der Waals surface area contributed by atoms with Gasteiger partial charge in [-0.1, -0.05) is 30.3 Å². The molecule has 7 nitrogen and oxygen atoms in total. The number of carbonyl (C=O) groups is 1. The van der Waals surface area contributed by atoms with Crippen molar-refractivity contribution in [2.24, 2.45) is 0 Å². The van der Waals surface area contributed by atoms with Crippen molar-refractivity contribution in [3.05, 3.63) is 94.9 Å². The van der Waals surface area contributed by atoms with Crippen LogP contribution < -0.4 is 0 Å². The molecule has 0 aliphatic carbocycles. The molecule has 0 unspecified atom stereocenters. The predicted octanol–water partition coefficient (Wildman–Crippen LogP) is 4.37. The summed E-state index contributed by atoms with van der Waals surface area (Å²) in [5.41, 5.74) is 6.04. The number of nitrogens with zero attached hydrogens (tertiary/aromatic N) is 5. The van der Waals surface area contributed by atoms with Gasteiger partial charge in [-0.2, -0.15) is 4.52 Å². The molecule has 3 heterocycles. The number of aryl methyl sites for hydroxylation is 2. The van der Waals surface area contributed by atoms with Gasteiger partial charge in [0.2, 0.25) is 0 Å². The van der Waals surface area contributed by atoms with Gasteiger partial charge in [0.25, 0.3) is 5.91 Å². The molecule has 5 rings (SSSR count). The summed E-state index contributed by atoms with van der Waals surface area (Å²) < 4.78 is 7.15. The van der Waals surface area contributed by atoms with E-state index in [1.807, 2.05) is 18.2 Å². The van der Waals surface area contributed by atoms with Crippen molar-refractivity contribution in [2.45, 2.75) is 26.8 Å². The number of carbonyl (C=O) groups excluding carboxylic acids is 1. The highest BCUT2D eigenvalue weighted by molar-refractivity contribution is 5.92. The Balaban J connectivity index is 1.54. The largest absolute Gasteiger partial charge is 0.459 e. The number of furan rings is 1. The quantitative estimate of drug-likeness (QED) is 0.404. The first-order valence-corrected chi connectivity index (χ1v) is 10.6. The van der Waals surface area contributed by atoms with E-state index in [1.165, 1.54) is 23.0 Å². The molecule has 0 aliphatic heterocycles. The summed E-state index contributed by atoms with van der Waals surface area (Å²) in [4.78, 5) is 15.0. The van der Waals surface area contributed by atoms with E-state index in [9.17, 15) is 4.79 Å². The minimum absolute atomic E-state index is 0.156. The lowest BCUT2D eigenvalue weighted by Gasteiger charge is -2.22. The van der Waals surface area contributed by atoms with E-state index in [1.54, 1.807) is 21.5 Å². The standard InChI is InChI=1S/C25H23N5O2/c1-17-13-20-15-21(24-26-27-28-30(24)22(20)14-18(17)2)16-29(25(31)23-9-6-12-32-23)11-10-19-7-4-3-5-8-19/h3-9,12-15H,10-11,16H2,1-2H3. The molecule has 0 spiro atoms. The van der Waals surface area contributed by atoms with Gasteiger partial charge in [-0.3, -0.25) is 4.79 Å². The van der Waals surface area contributed by atoms with Crippen LogP contribution >= 0.6 is 0 Å². The third-order valence-electron chi connectivity index (χ3n) is 5.85. The van der Waals surface area contributed by atoms with Gasteiger partial charge in [-0.25, -0.2) is 0 Å². The highest BCUT2D eigenvalue weighted by Gasteiger charge is 2.21. The molecule has 0 N–H and O–H groups in total. The molecule has 0 fully saturated rings. The lowest BCUT2D eigenvalue weighted by Crippen LogP contribution is -2.32. The number of tetrazole rings is 1. The lowest BCUT2D eigenvalue weighted by atomic mass is 10.0. The van der Waals surface area contributed by atoms with Crippen molar-refractivity contribution in [1.29, 1.82) is 0 Å². The maximum absolute atomic E-state index is 13.2. The SMILES string of the molecule is Cc1cc2cc(CN(CCc3ccccc3)C(=O)c3ccco3)c3nnnn3c2cc1C. The number of pyridine rings is 1. The number of aromatic nitrogens is 4. The third kappa shape index (κ3) is 3.73. The molecule has 5 aromatic rings. The van der Waals surface area contributed by atoms with Gasteiger partial charge in [0.15, 0.2) is 11.4 Å². The second kappa shape index (κ2) is 8.26. The Labute approximate surface area is 185 Å². The second-order valence-electron chi connectivity index (χ2n) is 8.02. The zero-order valence-electron chi connectivity index (χ0n) is 18.0. The lowest BCUT2D eigenvalue weighted by molar-refractivity contribution is 0.0713. The fourth-order valence-electron chi connectivity index (χ4n) is 3.96. The van der Waals surface area contributed by atoms with Gasteiger partial charge in [-0.05, 0) is 77.7 Å². The summed E-state index contributed by atoms with van der Waals surface area (Å²) in [5, 5.41) is 13.4. The Morgan fingerprint density at radius 2 is 1.84 bits per heavy atom. The summed E-state index contributed by atoms with van der Waals surface area (Å²) in [6.45, 7) is 5.08. The van der Waals surface area contributed by atoms with Gasteiger partial charge in [0.1, 0.15) is 0 Å². The van der Waals surface area contributed by atoms with Gasteiger partial charge in [0, 0.05) is 24.0 Å². The number of fused-ring (bicyclic) bond motifs is 3. The molecule has 32 heavy (non-hydrogen) atoms. The molecule has 7 heteroatoms. The Morgan fingerprint density at radius 1 is 1.03 bits per heavy atom. The molecule has 0 atom stereocenters. The molecule has 160 valence electrons. The summed E-state index contributed by atoms with van der Waals surface area (Å²) in [6, 6.07) is 19.9. The van der Waals surface area contributed by atoms with Crippen LogP contribution in [0.5, 0.6) is 0 Å². The van der Waals surface area contributed by atoms with Crippen LogP contribution in [0.2, 0.25) is 0 Å². The average molecular weight is 425 g/mol. The topological polar surface area (TPSA) is 76.5 Å². The number of hydrogen-bond acceptors (Lipinski definition) is 5. The molecular weight excluding hydrogens is 402 g/mol. The fraction of sp³-hybridized carbons (Fsp3) is 0.200. The van der Waals surface area contributed by atoms with E-state index in [-0.39, 0.29) is 5.91 Å². The Bertz CT molecular complexity index is 1390. The van der Waals surface area contributed by atoms with Gasteiger partial charge in [0.05, 0.1) is 11.8 Å². The second-order valence-corrected chi connectivity index (χ2v) is 8.02. The summed E-state index contributed by atoms with van der Waals surface area (Å²) in [6.07, 6.45) is 2.25. The first kappa shape index (κ1) is 19.9. The summed E-state index contributed by atoms with van der Waals surface area (Å²) in [7, 11) is 0. The monoisotopic (exact) mass is 425 g/mol. The van der Waals surface area contributed by atoms with E-state index < -0.39 is 0 Å². The van der Waals surface area contributed by atoms with Gasteiger partial charge in [-0.15, -0.1) is 5.10 Å². The highest BCUT2D eigenvalue weighted by atomic mass is 16.3. The molecular formula is C25H23N5O2. The molecule has 0 aliphatic rings. The summed E-state index contributed by atoms with van der Waals surface area (Å²) >= 11 is 0. The van der Waals surface area contributed by atoms with Gasteiger partial charge >= 0.3 is 0 Å². The van der Waals surface area contributed by atoms with Crippen LogP contribution in [-0.2, 0) is 13.0 Å². The number of rotatable bonds is 6. The first-order valence-electron chi connectivity index (χ1n) is 10.6. The fourth-order valence-corrected chi connectivity index (χ4v) is 3.96. The Kier molecular flexibility index (Phi) is 5.15. The molecule has 2 aromatic carbocycles. The molecule has 0 radical (unpaired) electrons. The van der Waals surface area contributed by atoms with Crippen molar-refractivity contribution in [3.8, 4) is 0 Å². The average Bonchev–Trinajstić information content (AvgIpc) is 3.51. The van der Waals surface area contributed by atoms with E-state index in [4.69, 9.17) is 4.42 Å². The Morgan fingerprint density at radius 3 is 2.62 bits per heavy atom. The van der Waals surface area contributed by atoms with E-state index in [0.717, 1.165) is 22.9 Å². The number of benzene rings is 2. The van der Waals surface area contributed by atoms with Crippen molar-refractivity contribution in [2.75, 3.05) is 6.54 Å². The molecule has 0 saturated heterocycles. The van der Waals surface area contributed by atoms with Crippen LogP contribution in [0, 0.1) is 13.8 Å². The number of amides is 1. The molecule has 0 bridgehead atoms. The highest BCUT2D eigenvalue weighted by Crippen LogP contribution is 2.24. The van der Waals surface area contributed by atoms with Gasteiger partial charge < -0.3 is 9.32 Å². The smallest absolute Gasteiger partial charge is 0.289 e.